The van der Waals surface area contributed by atoms with Crippen LogP contribution < -0.4 is 10.1 Å². The first-order valence-electron chi connectivity index (χ1n) is 15.2. The van der Waals surface area contributed by atoms with E-state index in [9.17, 15) is 9.18 Å². The molecule has 1 N–H and O–H groups in total. The molecule has 1 fully saturated rings. The second-order valence-corrected chi connectivity index (χ2v) is 12.0. The molecule has 2 aromatic rings. The van der Waals surface area contributed by atoms with Crippen molar-refractivity contribution in [1.82, 2.24) is 0 Å². The third kappa shape index (κ3) is 7.30. The molecule has 0 spiro atoms. The molecule has 0 bridgehead atoms. The molecule has 42 heavy (non-hydrogen) atoms. The molecule has 0 amide bonds. The van der Waals surface area contributed by atoms with E-state index in [1.54, 1.807) is 24.3 Å². The number of anilines is 1. The zero-order valence-electron chi connectivity index (χ0n) is 24.6. The second kappa shape index (κ2) is 14.2. The largest absolute Gasteiger partial charge is 0.494 e. The van der Waals surface area contributed by atoms with Crippen LogP contribution in [0.4, 0.5) is 10.1 Å². The maximum absolute atomic E-state index is 14.6. The fourth-order valence-electron chi connectivity index (χ4n) is 6.25. The summed E-state index contributed by atoms with van der Waals surface area (Å²) < 4.78 is 19.7. The highest BCUT2D eigenvalue weighted by molar-refractivity contribution is 6.35. The number of rotatable bonds is 9. The van der Waals surface area contributed by atoms with E-state index < -0.39 is 0 Å². The highest BCUT2D eigenvalue weighted by Gasteiger charge is 2.29. The van der Waals surface area contributed by atoms with Crippen LogP contribution in [-0.4, -0.2) is 18.6 Å². The summed E-state index contributed by atoms with van der Waals surface area (Å²) in [6.07, 6.45) is 21.3. The van der Waals surface area contributed by atoms with Crippen LogP contribution in [0.2, 0.25) is 5.02 Å². The number of methoxy groups -OCH3 is 1. The highest BCUT2D eigenvalue weighted by atomic mass is 35.5. The van der Waals surface area contributed by atoms with Gasteiger partial charge in [-0.05, 0) is 92.5 Å². The minimum atomic E-state index is -0.389. The zero-order chi connectivity index (χ0) is 29.5. The lowest BCUT2D eigenvalue weighted by molar-refractivity contribution is 0.104. The average molecular weight is 587 g/mol. The normalized spacial score (nSPS) is 21.6. The van der Waals surface area contributed by atoms with Crippen molar-refractivity contribution in [3.05, 3.63) is 100 Å². The van der Waals surface area contributed by atoms with E-state index in [0.717, 1.165) is 71.8 Å². The molecule has 1 aliphatic heterocycles. The Morgan fingerprint density at radius 3 is 2.71 bits per heavy atom. The van der Waals surface area contributed by atoms with Crippen LogP contribution in [0.5, 0.6) is 5.75 Å². The lowest BCUT2D eigenvalue weighted by Crippen LogP contribution is -2.20. The minimum Gasteiger partial charge on any atom is -0.494 e. The minimum absolute atomic E-state index is 0.0114. The summed E-state index contributed by atoms with van der Waals surface area (Å²) >= 11 is 6.66. The van der Waals surface area contributed by atoms with Crippen LogP contribution in [0.3, 0.4) is 0 Å². The molecule has 4 nitrogen and oxygen atoms in total. The fourth-order valence-corrected chi connectivity index (χ4v) is 6.52. The lowest BCUT2D eigenvalue weighted by atomic mass is 9.85. The summed E-state index contributed by atoms with van der Waals surface area (Å²) in [5.74, 6) is 0.584. The summed E-state index contributed by atoms with van der Waals surface area (Å²) in [5.41, 5.74) is 5.99. The van der Waals surface area contributed by atoms with E-state index in [4.69, 9.17) is 21.3 Å². The van der Waals surface area contributed by atoms with Crippen LogP contribution in [0.15, 0.2) is 83.2 Å². The van der Waals surface area contributed by atoms with Gasteiger partial charge in [0.2, 0.25) is 0 Å². The first-order valence-corrected chi connectivity index (χ1v) is 15.6. The predicted octanol–water partition coefficient (Wildman–Crippen LogP) is 10.1. The monoisotopic (exact) mass is 586 g/mol. The third-order valence-electron chi connectivity index (χ3n) is 8.62. The Bertz CT molecular complexity index is 1460. The maximum atomic E-state index is 14.6. The first-order chi connectivity index (χ1) is 20.4. The van der Waals surface area contributed by atoms with Gasteiger partial charge in [-0.3, -0.25) is 9.79 Å². The van der Waals surface area contributed by atoms with E-state index in [1.165, 1.54) is 45.3 Å². The van der Waals surface area contributed by atoms with E-state index in [-0.39, 0.29) is 23.3 Å². The Labute approximate surface area is 254 Å². The summed E-state index contributed by atoms with van der Waals surface area (Å²) in [4.78, 5) is 17.9. The molecule has 0 aromatic heterocycles. The van der Waals surface area contributed by atoms with Crippen molar-refractivity contribution in [2.75, 3.05) is 12.4 Å². The zero-order valence-corrected chi connectivity index (χ0v) is 25.4. The summed E-state index contributed by atoms with van der Waals surface area (Å²) in [7, 11) is 1.47. The van der Waals surface area contributed by atoms with Gasteiger partial charge in [-0.15, -0.1) is 0 Å². The van der Waals surface area contributed by atoms with Crippen molar-refractivity contribution in [3.63, 3.8) is 0 Å². The Balaban J connectivity index is 1.29. The molecular formula is C36H40ClFN2O2. The number of nitrogens with zero attached hydrogens (tertiary/aromatic N) is 1. The Morgan fingerprint density at radius 2 is 1.95 bits per heavy atom. The SMILES string of the molecule is COc1ccc(C2=CN=C3/C(Nc4ccc(C(=O)/C=C(/C)CCC5CCCCC5)c(Cl)c4)=C/C/C=C\CCC23)cc1F. The van der Waals surface area contributed by atoms with E-state index in [0.29, 0.717) is 10.6 Å². The smallest absolute Gasteiger partial charge is 0.187 e. The van der Waals surface area contributed by atoms with Crippen LogP contribution >= 0.6 is 11.6 Å². The van der Waals surface area contributed by atoms with E-state index >= 15 is 0 Å². The van der Waals surface area contributed by atoms with Crippen molar-refractivity contribution < 1.29 is 13.9 Å². The van der Waals surface area contributed by atoms with Crippen molar-refractivity contribution in [2.45, 2.75) is 71.1 Å². The molecule has 0 radical (unpaired) electrons. The van der Waals surface area contributed by atoms with Gasteiger partial charge in [0.15, 0.2) is 17.3 Å². The van der Waals surface area contributed by atoms with Gasteiger partial charge in [-0.1, -0.05) is 73.6 Å². The highest BCUT2D eigenvalue weighted by Crippen LogP contribution is 2.38. The summed E-state index contributed by atoms with van der Waals surface area (Å²) in [6, 6.07) is 10.6. The van der Waals surface area contributed by atoms with Crippen molar-refractivity contribution in [1.29, 1.82) is 0 Å². The number of hydrogen-bond acceptors (Lipinski definition) is 4. The number of ether oxygens (including phenoxy) is 1. The Hall–Kier alpha value is -3.44. The van der Waals surface area contributed by atoms with Gasteiger partial charge < -0.3 is 10.1 Å². The van der Waals surface area contributed by atoms with Crippen LogP contribution in [0.25, 0.3) is 5.57 Å². The maximum Gasteiger partial charge on any atom is 0.187 e. The van der Waals surface area contributed by atoms with Crippen LogP contribution in [0.1, 0.15) is 87.1 Å². The van der Waals surface area contributed by atoms with E-state index in [1.807, 2.05) is 25.3 Å². The number of fused-ring (bicyclic) bond motifs is 1. The molecule has 0 saturated heterocycles. The van der Waals surface area contributed by atoms with Gasteiger partial charge in [0.05, 0.1) is 23.5 Å². The van der Waals surface area contributed by atoms with Gasteiger partial charge in [-0.25, -0.2) is 4.39 Å². The lowest BCUT2D eigenvalue weighted by Gasteiger charge is -2.21. The number of nitrogens with one attached hydrogen (secondary N) is 1. The summed E-state index contributed by atoms with van der Waals surface area (Å²) in [6.45, 7) is 2.05. The average Bonchev–Trinajstić information content (AvgIpc) is 3.44. The van der Waals surface area contributed by atoms with Crippen molar-refractivity contribution in [2.24, 2.45) is 16.8 Å². The third-order valence-corrected chi connectivity index (χ3v) is 8.93. The molecule has 220 valence electrons. The topological polar surface area (TPSA) is 50.7 Å². The Morgan fingerprint density at radius 1 is 1.12 bits per heavy atom. The van der Waals surface area contributed by atoms with E-state index in [2.05, 4.69) is 23.5 Å². The van der Waals surface area contributed by atoms with Crippen LogP contribution in [0, 0.1) is 17.7 Å². The number of benzene rings is 2. The molecule has 5 rings (SSSR count). The fraction of sp³-hybridized carbons (Fsp3) is 0.389. The quantitative estimate of drug-likeness (QED) is 0.181. The molecule has 1 saturated carbocycles. The molecule has 2 aromatic carbocycles. The molecule has 1 atom stereocenters. The number of hydrogen-bond donors (Lipinski definition) is 1. The van der Waals surface area contributed by atoms with Gasteiger partial charge in [0.1, 0.15) is 0 Å². The second-order valence-electron chi connectivity index (χ2n) is 11.6. The first kappa shape index (κ1) is 30.0. The number of halogens is 2. The number of carbonyl (C=O) groups excluding carboxylic acids is 1. The predicted molar refractivity (Wildman–Crippen MR) is 172 cm³/mol. The van der Waals surface area contributed by atoms with Crippen molar-refractivity contribution >= 4 is 34.4 Å². The van der Waals surface area contributed by atoms with Gasteiger partial charge in [0, 0.05) is 23.4 Å². The number of carbonyl (C=O) groups is 1. The number of allylic oxidation sites excluding steroid dienone is 7. The van der Waals surface area contributed by atoms with Crippen molar-refractivity contribution in [3.8, 4) is 5.75 Å². The molecular weight excluding hydrogens is 547 g/mol. The number of aliphatic imine (C=N–C) groups is 1. The number of ketones is 1. The van der Waals surface area contributed by atoms with Gasteiger partial charge in [-0.2, -0.15) is 0 Å². The molecule has 3 aliphatic rings. The van der Waals surface area contributed by atoms with Gasteiger partial charge in [0.25, 0.3) is 0 Å². The Kier molecular flexibility index (Phi) is 10.1. The van der Waals surface area contributed by atoms with Gasteiger partial charge >= 0.3 is 0 Å². The molecule has 6 heteroatoms. The molecule has 1 unspecified atom stereocenters. The summed E-state index contributed by atoms with van der Waals surface area (Å²) in [5, 5.41) is 3.93. The molecule has 2 aliphatic carbocycles. The standard InChI is InChI=1S/C36H40ClFN2O2/c1-24(14-15-25-10-6-5-7-11-25)20-34(41)29-18-17-27(22-31(29)37)40-33-13-9-4-3-8-12-28-30(23-39-36(28)33)26-16-19-35(42-2)32(38)21-26/h3-4,13,16-23,25,28,40H,5-12,14-15H2,1-2H3/b4-3-,24-20-,33-13-. The van der Waals surface area contributed by atoms with Crippen LogP contribution in [-0.2, 0) is 0 Å². The molecule has 1 heterocycles.